The van der Waals surface area contributed by atoms with Crippen LogP contribution in [0.15, 0.2) is 41.5 Å². The van der Waals surface area contributed by atoms with Gasteiger partial charge in [0.1, 0.15) is 5.75 Å². The summed E-state index contributed by atoms with van der Waals surface area (Å²) in [6.45, 7) is 2.36. The number of carbonyl (C=O) groups excluding carboxylic acids is 1. The quantitative estimate of drug-likeness (QED) is 0.793. The average Bonchev–Trinajstić information content (AvgIpc) is 2.44. The van der Waals surface area contributed by atoms with Crippen molar-refractivity contribution in [1.82, 2.24) is 9.55 Å². The Hall–Kier alpha value is -2.14. The van der Waals surface area contributed by atoms with Gasteiger partial charge >= 0.3 is 5.69 Å². The van der Waals surface area contributed by atoms with Gasteiger partial charge in [0.15, 0.2) is 5.78 Å². The lowest BCUT2D eigenvalue weighted by atomic mass is 10.1. The predicted octanol–water partition coefficient (Wildman–Crippen LogP) is 2.18. The van der Waals surface area contributed by atoms with E-state index in [1.54, 1.807) is 24.3 Å². The number of rotatable bonds is 5. The molecule has 0 unspecified atom stereocenters. The van der Waals surface area contributed by atoms with Crippen molar-refractivity contribution in [3.8, 4) is 5.75 Å². The van der Waals surface area contributed by atoms with Crippen molar-refractivity contribution < 1.29 is 9.53 Å². The maximum absolute atomic E-state index is 12.1. The van der Waals surface area contributed by atoms with Gasteiger partial charge in [-0.1, -0.05) is 11.6 Å². The van der Waals surface area contributed by atoms with E-state index >= 15 is 0 Å². The molecule has 2 aromatic rings. The fourth-order valence-electron chi connectivity index (χ4n) is 1.69. The molecule has 0 spiro atoms. The number of ether oxygens (including phenoxy) is 1. The van der Waals surface area contributed by atoms with Crippen molar-refractivity contribution in [3.05, 3.63) is 57.7 Å². The molecule has 1 heterocycles. The lowest BCUT2D eigenvalue weighted by Crippen LogP contribution is -2.25. The molecule has 0 aliphatic heterocycles. The first kappa shape index (κ1) is 14.3. The summed E-state index contributed by atoms with van der Waals surface area (Å²) >= 11 is 5.75. The van der Waals surface area contributed by atoms with E-state index in [0.29, 0.717) is 22.9 Å². The van der Waals surface area contributed by atoms with E-state index in [4.69, 9.17) is 16.3 Å². The highest BCUT2D eigenvalue weighted by molar-refractivity contribution is 6.30. The van der Waals surface area contributed by atoms with Crippen LogP contribution in [0.1, 0.15) is 17.3 Å². The van der Waals surface area contributed by atoms with Crippen LogP contribution in [-0.2, 0) is 6.54 Å². The lowest BCUT2D eigenvalue weighted by Gasteiger charge is -2.06. The molecular weight excluding hydrogens is 280 g/mol. The van der Waals surface area contributed by atoms with Gasteiger partial charge in [-0.3, -0.25) is 9.36 Å². The molecule has 0 aliphatic rings. The van der Waals surface area contributed by atoms with Crippen molar-refractivity contribution >= 4 is 17.4 Å². The van der Waals surface area contributed by atoms with E-state index in [1.807, 2.05) is 6.92 Å². The Morgan fingerprint density at radius 1 is 1.35 bits per heavy atom. The van der Waals surface area contributed by atoms with Crippen LogP contribution in [0.25, 0.3) is 0 Å². The summed E-state index contributed by atoms with van der Waals surface area (Å²) in [5.74, 6) is 0.504. The number of Topliss-reactive ketones (excluding diaryl/α,β-unsaturated/α-hetero) is 1. The highest BCUT2D eigenvalue weighted by Gasteiger charge is 2.09. The Balaban J connectivity index is 2.15. The summed E-state index contributed by atoms with van der Waals surface area (Å²) in [4.78, 5) is 27.1. The van der Waals surface area contributed by atoms with Gasteiger partial charge in [-0.25, -0.2) is 9.78 Å². The van der Waals surface area contributed by atoms with Crippen LogP contribution in [0.4, 0.5) is 0 Å². The zero-order valence-corrected chi connectivity index (χ0v) is 11.6. The van der Waals surface area contributed by atoms with Crippen LogP contribution in [0, 0.1) is 0 Å². The summed E-state index contributed by atoms with van der Waals surface area (Å²) in [5, 5.41) is 0.309. The Morgan fingerprint density at radius 3 is 2.70 bits per heavy atom. The van der Waals surface area contributed by atoms with Crippen LogP contribution in [0.5, 0.6) is 5.75 Å². The minimum atomic E-state index is -0.506. The largest absolute Gasteiger partial charge is 0.494 e. The maximum atomic E-state index is 12.1. The molecular formula is C14H13ClN2O3. The van der Waals surface area contributed by atoms with Gasteiger partial charge < -0.3 is 4.74 Å². The molecule has 1 aromatic heterocycles. The number of ketones is 1. The molecule has 20 heavy (non-hydrogen) atoms. The smallest absolute Gasteiger partial charge is 0.348 e. The van der Waals surface area contributed by atoms with Gasteiger partial charge in [0.25, 0.3) is 0 Å². The number of hydrogen-bond acceptors (Lipinski definition) is 4. The molecule has 0 aliphatic carbocycles. The molecule has 6 heteroatoms. The normalized spacial score (nSPS) is 10.3. The summed E-state index contributed by atoms with van der Waals surface area (Å²) in [6.07, 6.45) is 2.64. The van der Waals surface area contributed by atoms with Crippen LogP contribution in [0.3, 0.4) is 0 Å². The first-order valence-electron chi connectivity index (χ1n) is 6.08. The number of nitrogens with zero attached hydrogens (tertiary/aromatic N) is 2. The van der Waals surface area contributed by atoms with E-state index in [9.17, 15) is 9.59 Å². The highest BCUT2D eigenvalue weighted by atomic mass is 35.5. The third-order valence-electron chi connectivity index (χ3n) is 2.62. The fraction of sp³-hybridized carbons (Fsp3) is 0.214. The number of carbonyl (C=O) groups is 1. The second-order valence-electron chi connectivity index (χ2n) is 4.06. The van der Waals surface area contributed by atoms with Crippen molar-refractivity contribution in [1.29, 1.82) is 0 Å². The molecule has 104 valence electrons. The number of benzene rings is 1. The van der Waals surface area contributed by atoms with Crippen LogP contribution < -0.4 is 10.4 Å². The number of halogens is 1. The second kappa shape index (κ2) is 6.34. The second-order valence-corrected chi connectivity index (χ2v) is 4.50. The molecule has 1 aromatic carbocycles. The minimum absolute atomic E-state index is 0.0969. The number of aromatic nitrogens is 2. The predicted molar refractivity (Wildman–Crippen MR) is 75.4 cm³/mol. The van der Waals surface area contributed by atoms with Crippen molar-refractivity contribution in [2.24, 2.45) is 0 Å². The Labute approximate surface area is 120 Å². The molecule has 0 N–H and O–H groups in total. The van der Waals surface area contributed by atoms with Crippen LogP contribution >= 0.6 is 11.6 Å². The monoisotopic (exact) mass is 292 g/mol. The van der Waals surface area contributed by atoms with E-state index in [0.717, 1.165) is 0 Å². The molecule has 0 saturated heterocycles. The Morgan fingerprint density at radius 2 is 2.05 bits per heavy atom. The highest BCUT2D eigenvalue weighted by Crippen LogP contribution is 2.13. The fourth-order valence-corrected chi connectivity index (χ4v) is 1.86. The van der Waals surface area contributed by atoms with Crippen molar-refractivity contribution in [3.63, 3.8) is 0 Å². The zero-order chi connectivity index (χ0) is 14.5. The topological polar surface area (TPSA) is 61.2 Å². The third-order valence-corrected chi connectivity index (χ3v) is 2.82. The molecule has 0 atom stereocenters. The first-order chi connectivity index (χ1) is 9.60. The van der Waals surface area contributed by atoms with Gasteiger partial charge in [-0.2, -0.15) is 0 Å². The summed E-state index contributed by atoms with van der Waals surface area (Å²) in [7, 11) is 0. The van der Waals surface area contributed by atoms with Gasteiger partial charge in [-0.05, 0) is 31.2 Å². The van der Waals surface area contributed by atoms with E-state index in [-0.39, 0.29) is 12.3 Å². The summed E-state index contributed by atoms with van der Waals surface area (Å²) in [6, 6.07) is 6.76. The molecule has 0 radical (unpaired) electrons. The SMILES string of the molecule is CCOc1ccc(C(=O)Cn2cc(Cl)cnc2=O)cc1. The van der Waals surface area contributed by atoms with E-state index < -0.39 is 5.69 Å². The van der Waals surface area contributed by atoms with Gasteiger partial charge in [0.2, 0.25) is 0 Å². The standard InChI is InChI=1S/C14H13ClN2O3/c1-2-20-12-5-3-10(4-6-12)13(18)9-17-8-11(15)7-16-14(17)19/h3-8H,2,9H2,1H3. The maximum Gasteiger partial charge on any atom is 0.348 e. The van der Waals surface area contributed by atoms with Crippen LogP contribution in [0.2, 0.25) is 5.02 Å². The zero-order valence-electron chi connectivity index (χ0n) is 10.9. The summed E-state index contributed by atoms with van der Waals surface area (Å²) < 4.78 is 6.48. The first-order valence-corrected chi connectivity index (χ1v) is 6.46. The molecule has 0 amide bonds. The van der Waals surface area contributed by atoms with Crippen molar-refractivity contribution in [2.75, 3.05) is 6.61 Å². The molecule has 5 nitrogen and oxygen atoms in total. The number of hydrogen-bond donors (Lipinski definition) is 0. The Bertz CT molecular complexity index is 665. The minimum Gasteiger partial charge on any atom is -0.494 e. The average molecular weight is 293 g/mol. The Kier molecular flexibility index (Phi) is 4.53. The van der Waals surface area contributed by atoms with Gasteiger partial charge in [0, 0.05) is 11.8 Å². The molecule has 0 saturated carbocycles. The van der Waals surface area contributed by atoms with Crippen LogP contribution in [-0.4, -0.2) is 21.9 Å². The molecule has 0 fully saturated rings. The molecule has 2 rings (SSSR count). The van der Waals surface area contributed by atoms with E-state index in [1.165, 1.54) is 17.0 Å². The van der Waals surface area contributed by atoms with E-state index in [2.05, 4.69) is 4.98 Å². The third kappa shape index (κ3) is 3.45. The van der Waals surface area contributed by atoms with Gasteiger partial charge in [-0.15, -0.1) is 0 Å². The summed E-state index contributed by atoms with van der Waals surface area (Å²) in [5.41, 5.74) is -0.00554. The van der Waals surface area contributed by atoms with Gasteiger partial charge in [0.05, 0.1) is 24.4 Å². The lowest BCUT2D eigenvalue weighted by molar-refractivity contribution is 0.0970. The molecule has 0 bridgehead atoms. The van der Waals surface area contributed by atoms with Crippen molar-refractivity contribution in [2.45, 2.75) is 13.5 Å².